The van der Waals surface area contributed by atoms with Crippen LogP contribution in [-0.2, 0) is 0 Å². The second-order valence-electron chi connectivity index (χ2n) is 14.3. The van der Waals surface area contributed by atoms with Gasteiger partial charge in [0, 0.05) is 69.9 Å². The molecule has 339 valence electrons. The SMILES string of the molecule is [c]1csc(-c2csc(-c3csc(-c4csc(-c5csc(-c6csc(-c7csc(-c8csc(-c9csc(-c%10csc(-c%11csc(-c%12csc(C%13=CSCN%13c%13cscn%13)n%12)n%11)n%10)n9)n8)n7)n6)n5)n4)n3)n2)n1. The predicted molar refractivity (Wildman–Crippen MR) is 298 cm³/mol. The number of rotatable bonds is 13. The Morgan fingerprint density at radius 3 is 0.929 bits per heavy atom. The minimum Gasteiger partial charge on any atom is -0.312 e. The monoisotopic (exact) mass is 1160 g/mol. The fraction of sp³-hybridized carbons (Fsp3) is 0.0238. The van der Waals surface area contributed by atoms with Gasteiger partial charge in [-0.3, -0.25) is 0 Å². The molecule has 14 nitrogen and oxygen atoms in total. The summed E-state index contributed by atoms with van der Waals surface area (Å²) in [6, 6.07) is 0. The molecule has 14 heterocycles. The van der Waals surface area contributed by atoms with Gasteiger partial charge in [-0.1, -0.05) is 0 Å². The molecule has 0 saturated heterocycles. The minimum absolute atomic E-state index is 0.810. The summed E-state index contributed by atoms with van der Waals surface area (Å²) < 4.78 is 0. The standard InChI is InChI=1S/C42H17N14S14/c1-2-59-31(43-1)18-3-60-32(45-18)19-4-61-33(46-19)20-5-62-34(47-20)21-6-63-35(48-21)22-7-64-36(49-22)23-8-65-37(50-23)24-9-66-38(51-24)25-10-67-39(52-25)26-11-68-40(53-26)27-12-69-41(54-27)28-13-70-42(55-28)29-14-58-17-56(29)30-15-57-16-44-30/h2-16H,17H2. The number of nitrogens with zero attached hydrogens (tertiary/aromatic N) is 14. The highest BCUT2D eigenvalue weighted by molar-refractivity contribution is 8.02. The smallest absolute Gasteiger partial charge is 0.144 e. The summed E-state index contributed by atoms with van der Waals surface area (Å²) in [4.78, 5) is 65.0. The lowest BCUT2D eigenvalue weighted by Crippen LogP contribution is -2.16. The number of thiazole rings is 13. The Morgan fingerprint density at radius 2 is 0.643 bits per heavy atom. The van der Waals surface area contributed by atoms with Crippen molar-refractivity contribution in [3.05, 3.63) is 92.1 Å². The van der Waals surface area contributed by atoms with Gasteiger partial charge in [0.2, 0.25) is 0 Å². The highest BCUT2D eigenvalue weighted by Gasteiger charge is 2.25. The van der Waals surface area contributed by atoms with E-state index in [1.54, 1.807) is 148 Å². The summed E-state index contributed by atoms with van der Waals surface area (Å²) in [5.41, 5.74) is 12.0. The van der Waals surface area contributed by atoms with Gasteiger partial charge in [0.1, 0.15) is 135 Å². The molecule has 0 bridgehead atoms. The van der Waals surface area contributed by atoms with Gasteiger partial charge >= 0.3 is 0 Å². The lowest BCUT2D eigenvalue weighted by molar-refractivity contribution is 1.14. The zero-order valence-electron chi connectivity index (χ0n) is 34.3. The maximum atomic E-state index is 4.96. The van der Waals surface area contributed by atoms with Gasteiger partial charge < -0.3 is 4.90 Å². The number of anilines is 1. The van der Waals surface area contributed by atoms with Crippen LogP contribution in [0.25, 0.3) is 123 Å². The molecular weight excluding hydrogens is 1150 g/mol. The molecule has 14 rings (SSSR count). The summed E-state index contributed by atoms with van der Waals surface area (Å²) in [6.07, 6.45) is 2.86. The quantitative estimate of drug-likeness (QED) is 0.107. The summed E-state index contributed by atoms with van der Waals surface area (Å²) in [5, 5.41) is 38.6. The first-order valence-electron chi connectivity index (χ1n) is 19.9. The van der Waals surface area contributed by atoms with E-state index in [1.807, 2.05) is 64.7 Å². The van der Waals surface area contributed by atoms with Crippen LogP contribution in [0.1, 0.15) is 5.01 Å². The molecule has 0 N–H and O–H groups in total. The van der Waals surface area contributed by atoms with Gasteiger partial charge in [0.05, 0.1) is 17.1 Å². The van der Waals surface area contributed by atoms with E-state index in [0.717, 1.165) is 140 Å². The van der Waals surface area contributed by atoms with Crippen molar-refractivity contribution in [2.24, 2.45) is 0 Å². The van der Waals surface area contributed by atoms with Gasteiger partial charge in [0.25, 0.3) is 0 Å². The Kier molecular flexibility index (Phi) is 11.6. The Bertz CT molecular complexity index is 3970. The van der Waals surface area contributed by atoms with Crippen LogP contribution in [0.15, 0.2) is 80.9 Å². The average molecular weight is 1170 g/mol. The normalized spacial score (nSPS) is 12.8. The van der Waals surface area contributed by atoms with E-state index in [0.29, 0.717) is 0 Å². The van der Waals surface area contributed by atoms with Crippen LogP contribution in [0, 0.1) is 6.20 Å². The first-order valence-corrected chi connectivity index (χ1v) is 32.5. The van der Waals surface area contributed by atoms with Crippen LogP contribution in [0.3, 0.4) is 0 Å². The van der Waals surface area contributed by atoms with Crippen LogP contribution >= 0.6 is 159 Å². The van der Waals surface area contributed by atoms with Crippen molar-refractivity contribution < 1.29 is 0 Å². The second kappa shape index (κ2) is 18.6. The molecule has 0 fully saturated rings. The minimum atomic E-state index is 0.810. The number of thioether (sulfide) groups is 1. The van der Waals surface area contributed by atoms with Gasteiger partial charge in [-0.2, -0.15) is 0 Å². The van der Waals surface area contributed by atoms with Crippen molar-refractivity contribution in [3.8, 4) is 118 Å². The van der Waals surface area contributed by atoms with Gasteiger partial charge in [-0.15, -0.1) is 159 Å². The zero-order chi connectivity index (χ0) is 46.1. The molecule has 13 aromatic heterocycles. The molecule has 0 amide bonds. The molecule has 0 spiro atoms. The van der Waals surface area contributed by atoms with Crippen molar-refractivity contribution in [1.82, 2.24) is 64.8 Å². The lowest BCUT2D eigenvalue weighted by Gasteiger charge is -2.16. The lowest BCUT2D eigenvalue weighted by atomic mass is 10.4. The van der Waals surface area contributed by atoms with Crippen molar-refractivity contribution in [3.63, 3.8) is 0 Å². The molecule has 0 saturated carbocycles. The third-order valence-electron chi connectivity index (χ3n) is 9.95. The fourth-order valence-electron chi connectivity index (χ4n) is 6.72. The largest absolute Gasteiger partial charge is 0.312 e. The Hall–Kier alpha value is -4.92. The van der Waals surface area contributed by atoms with Crippen LogP contribution in [0.5, 0.6) is 0 Å². The zero-order valence-corrected chi connectivity index (χ0v) is 45.8. The van der Waals surface area contributed by atoms with E-state index in [-0.39, 0.29) is 0 Å². The maximum Gasteiger partial charge on any atom is 0.144 e. The molecule has 1 radical (unpaired) electrons. The molecule has 70 heavy (non-hydrogen) atoms. The molecule has 28 heteroatoms. The van der Waals surface area contributed by atoms with Crippen LogP contribution in [-0.4, -0.2) is 70.7 Å². The summed E-state index contributed by atoms with van der Waals surface area (Å²) >= 11 is 22.0. The highest BCUT2D eigenvalue weighted by Crippen LogP contribution is 2.42. The van der Waals surface area contributed by atoms with E-state index < -0.39 is 0 Å². The van der Waals surface area contributed by atoms with Gasteiger partial charge in [-0.05, 0) is 5.41 Å². The molecule has 0 aliphatic carbocycles. The van der Waals surface area contributed by atoms with E-state index in [4.69, 9.17) is 54.8 Å². The van der Waals surface area contributed by atoms with Crippen molar-refractivity contribution in [2.45, 2.75) is 0 Å². The summed E-state index contributed by atoms with van der Waals surface area (Å²) in [5.74, 6) is 1.78. The van der Waals surface area contributed by atoms with Crippen LogP contribution in [0.4, 0.5) is 5.82 Å². The van der Waals surface area contributed by atoms with Crippen molar-refractivity contribution in [2.75, 3.05) is 10.8 Å². The van der Waals surface area contributed by atoms with E-state index >= 15 is 0 Å². The molecule has 0 aromatic carbocycles. The highest BCUT2D eigenvalue weighted by atomic mass is 32.2. The fourth-order valence-corrected chi connectivity index (χ4v) is 18.1. The third-order valence-corrected chi connectivity index (χ3v) is 21.6. The third kappa shape index (κ3) is 8.40. The van der Waals surface area contributed by atoms with E-state index in [1.165, 1.54) is 11.3 Å². The summed E-state index contributed by atoms with van der Waals surface area (Å²) in [7, 11) is 0. The summed E-state index contributed by atoms with van der Waals surface area (Å²) in [6.45, 7) is 0. The predicted octanol–water partition coefficient (Wildman–Crippen LogP) is 15.3. The molecular formula is C42H17N14S14. The first kappa shape index (κ1) is 43.8. The van der Waals surface area contributed by atoms with Gasteiger partial charge in [0.15, 0.2) is 0 Å². The number of aromatic nitrogens is 13. The Morgan fingerprint density at radius 1 is 0.343 bits per heavy atom. The topological polar surface area (TPSA) is 171 Å². The van der Waals surface area contributed by atoms with Crippen molar-refractivity contribution in [1.29, 1.82) is 0 Å². The first-order chi connectivity index (χ1) is 34.6. The average Bonchev–Trinajstić information content (AvgIpc) is 4.23. The molecule has 1 aliphatic rings. The van der Waals surface area contributed by atoms with Gasteiger partial charge in [-0.25, -0.2) is 64.8 Å². The van der Waals surface area contributed by atoms with Crippen LogP contribution in [0.2, 0.25) is 0 Å². The molecule has 1 aliphatic heterocycles. The maximum absolute atomic E-state index is 4.96. The number of hydrogen-bond donors (Lipinski definition) is 0. The van der Waals surface area contributed by atoms with E-state index in [9.17, 15) is 0 Å². The number of hydrogen-bond acceptors (Lipinski definition) is 28. The Balaban J connectivity index is 0.620. The Labute approximate surface area is 451 Å². The molecule has 13 aromatic rings. The second-order valence-corrected chi connectivity index (χ2v) is 26.1. The molecule has 0 atom stereocenters. The molecule has 0 unspecified atom stereocenters. The van der Waals surface area contributed by atoms with Crippen LogP contribution < -0.4 is 4.90 Å². The van der Waals surface area contributed by atoms with Crippen molar-refractivity contribution >= 4 is 171 Å². The van der Waals surface area contributed by atoms with E-state index in [2.05, 4.69) is 37.2 Å².